The predicted octanol–water partition coefficient (Wildman–Crippen LogP) is 3.00. The largest absolute Gasteiger partial charge is 0.333 e. The number of hydrogen-bond donors (Lipinski definition) is 2. The molecule has 0 aliphatic heterocycles. The number of rotatable bonds is 5. The maximum Gasteiger partial charge on any atom is 0.268 e. The van der Waals surface area contributed by atoms with Crippen molar-refractivity contribution in [2.75, 3.05) is 6.54 Å². The van der Waals surface area contributed by atoms with E-state index in [0.29, 0.717) is 29.0 Å². The highest BCUT2D eigenvalue weighted by molar-refractivity contribution is 7.22. The van der Waals surface area contributed by atoms with Gasteiger partial charge in [-0.1, -0.05) is 6.92 Å². The number of amides is 1. The van der Waals surface area contributed by atoms with Crippen LogP contribution in [-0.4, -0.2) is 37.5 Å². The second-order valence-corrected chi connectivity index (χ2v) is 6.97. The number of carbonyl (C=O) groups excluding carboxylic acids is 1. The summed E-state index contributed by atoms with van der Waals surface area (Å²) in [5.74, 6) is 0.502. The maximum absolute atomic E-state index is 12.6. The Hall–Kier alpha value is -2.48. The van der Waals surface area contributed by atoms with Crippen LogP contribution in [-0.2, 0) is 4.79 Å². The van der Waals surface area contributed by atoms with Gasteiger partial charge in [0.25, 0.3) is 5.56 Å². The van der Waals surface area contributed by atoms with Gasteiger partial charge in [-0.25, -0.2) is 4.98 Å². The van der Waals surface area contributed by atoms with E-state index in [1.165, 1.54) is 18.3 Å². The van der Waals surface area contributed by atoms with E-state index in [1.807, 2.05) is 26.8 Å². The molecular formula is C17H21N5O2S. The first-order valence-electron chi connectivity index (χ1n) is 8.27. The third kappa shape index (κ3) is 3.09. The van der Waals surface area contributed by atoms with Crippen molar-refractivity contribution in [2.45, 2.75) is 40.2 Å². The average molecular weight is 359 g/mol. The average Bonchev–Trinajstić information content (AvgIpc) is 3.17. The molecule has 3 aromatic rings. The van der Waals surface area contributed by atoms with Gasteiger partial charge in [0.2, 0.25) is 5.91 Å². The molecule has 2 N–H and O–H groups in total. The lowest BCUT2D eigenvalue weighted by molar-refractivity contribution is -0.131. The lowest BCUT2D eigenvalue weighted by Crippen LogP contribution is -2.34. The second-order valence-electron chi connectivity index (χ2n) is 5.91. The minimum absolute atomic E-state index is 0.0304. The zero-order valence-corrected chi connectivity index (χ0v) is 15.5. The van der Waals surface area contributed by atoms with Gasteiger partial charge in [0.05, 0.1) is 17.8 Å². The van der Waals surface area contributed by atoms with Crippen molar-refractivity contribution >= 4 is 27.5 Å². The zero-order valence-electron chi connectivity index (χ0n) is 14.7. The number of thiophene rings is 1. The molecule has 3 aromatic heterocycles. The molecule has 25 heavy (non-hydrogen) atoms. The van der Waals surface area contributed by atoms with Crippen LogP contribution in [0.3, 0.4) is 0 Å². The molecule has 0 aromatic carbocycles. The van der Waals surface area contributed by atoms with Crippen molar-refractivity contribution in [2.24, 2.45) is 0 Å². The standard InChI is InChI=1S/C17H21N5O2S/c1-5-13(22(6-2)10(4)23)16-19-12-7-14(11-8-18-21-9(11)3)25-15(12)17(24)20-16/h7-8,13H,5-6H2,1-4H3,(H,18,21)(H,19,20,24). The lowest BCUT2D eigenvalue weighted by atomic mass is 10.1. The van der Waals surface area contributed by atoms with E-state index >= 15 is 0 Å². The van der Waals surface area contributed by atoms with Gasteiger partial charge in [0.15, 0.2) is 0 Å². The molecule has 8 heteroatoms. The molecule has 0 aliphatic carbocycles. The first-order chi connectivity index (χ1) is 12.0. The van der Waals surface area contributed by atoms with Gasteiger partial charge < -0.3 is 9.88 Å². The van der Waals surface area contributed by atoms with Crippen LogP contribution in [0.2, 0.25) is 0 Å². The van der Waals surface area contributed by atoms with E-state index in [4.69, 9.17) is 0 Å². The molecule has 1 amide bonds. The fourth-order valence-corrected chi connectivity index (χ4v) is 4.13. The van der Waals surface area contributed by atoms with Crippen LogP contribution in [0.25, 0.3) is 20.7 Å². The van der Waals surface area contributed by atoms with Gasteiger partial charge in [0, 0.05) is 29.6 Å². The van der Waals surface area contributed by atoms with E-state index in [-0.39, 0.29) is 17.5 Å². The summed E-state index contributed by atoms with van der Waals surface area (Å²) < 4.78 is 0.583. The minimum atomic E-state index is -0.237. The van der Waals surface area contributed by atoms with Crippen LogP contribution in [0.1, 0.15) is 44.8 Å². The third-order valence-electron chi connectivity index (χ3n) is 4.32. The van der Waals surface area contributed by atoms with E-state index in [1.54, 1.807) is 11.1 Å². The molecule has 0 saturated carbocycles. The molecule has 0 fully saturated rings. The first-order valence-corrected chi connectivity index (χ1v) is 9.09. The lowest BCUT2D eigenvalue weighted by Gasteiger charge is -2.28. The Balaban J connectivity index is 2.11. The van der Waals surface area contributed by atoms with E-state index < -0.39 is 0 Å². The Labute approximate surface area is 149 Å². The summed E-state index contributed by atoms with van der Waals surface area (Å²) in [6.07, 6.45) is 2.43. The number of nitrogens with one attached hydrogen (secondary N) is 2. The molecule has 0 radical (unpaired) electrons. The number of aromatic amines is 2. The van der Waals surface area contributed by atoms with E-state index in [9.17, 15) is 9.59 Å². The molecule has 7 nitrogen and oxygen atoms in total. The molecule has 0 spiro atoms. The van der Waals surface area contributed by atoms with Crippen LogP contribution < -0.4 is 5.56 Å². The topological polar surface area (TPSA) is 94.7 Å². The summed E-state index contributed by atoms with van der Waals surface area (Å²) in [7, 11) is 0. The predicted molar refractivity (Wildman–Crippen MR) is 98.7 cm³/mol. The first kappa shape index (κ1) is 17.3. The molecule has 132 valence electrons. The summed E-state index contributed by atoms with van der Waals surface area (Å²) in [4.78, 5) is 34.6. The van der Waals surface area contributed by atoms with Crippen molar-refractivity contribution in [3.63, 3.8) is 0 Å². The monoisotopic (exact) mass is 359 g/mol. The Morgan fingerprint density at radius 2 is 2.16 bits per heavy atom. The number of aryl methyl sites for hydroxylation is 1. The molecular weight excluding hydrogens is 338 g/mol. The zero-order chi connectivity index (χ0) is 18.1. The fourth-order valence-electron chi connectivity index (χ4n) is 3.07. The number of hydrogen-bond acceptors (Lipinski definition) is 5. The summed E-state index contributed by atoms with van der Waals surface area (Å²) in [6.45, 7) is 7.94. The van der Waals surface area contributed by atoms with E-state index in [2.05, 4.69) is 20.2 Å². The SMILES string of the molecule is CCC(c1nc2cc(-c3cn[nH]c3C)sc2c(=O)[nH]1)N(CC)C(C)=O. The highest BCUT2D eigenvalue weighted by Gasteiger charge is 2.23. The Morgan fingerprint density at radius 1 is 1.40 bits per heavy atom. The number of H-pyrrole nitrogens is 2. The van der Waals surface area contributed by atoms with Crippen molar-refractivity contribution in [3.8, 4) is 10.4 Å². The molecule has 3 rings (SSSR count). The van der Waals surface area contributed by atoms with Crippen LogP contribution in [0, 0.1) is 6.92 Å². The van der Waals surface area contributed by atoms with Gasteiger partial charge in [-0.2, -0.15) is 5.10 Å². The Kier molecular flexibility index (Phi) is 4.71. The minimum Gasteiger partial charge on any atom is -0.333 e. The number of aromatic nitrogens is 4. The van der Waals surface area contributed by atoms with Crippen LogP contribution in [0.4, 0.5) is 0 Å². The van der Waals surface area contributed by atoms with Gasteiger partial charge in [-0.05, 0) is 26.3 Å². The quantitative estimate of drug-likeness (QED) is 0.732. The molecule has 1 atom stereocenters. The highest BCUT2D eigenvalue weighted by atomic mass is 32.1. The highest BCUT2D eigenvalue weighted by Crippen LogP contribution is 2.32. The van der Waals surface area contributed by atoms with Crippen LogP contribution >= 0.6 is 11.3 Å². The molecule has 0 aliphatic rings. The Bertz CT molecular complexity index is 971. The maximum atomic E-state index is 12.6. The molecule has 0 saturated heterocycles. The summed E-state index contributed by atoms with van der Waals surface area (Å²) in [5, 5.41) is 6.94. The normalized spacial score (nSPS) is 12.5. The van der Waals surface area contributed by atoms with Gasteiger partial charge in [0.1, 0.15) is 10.5 Å². The Morgan fingerprint density at radius 3 is 2.72 bits per heavy atom. The summed E-state index contributed by atoms with van der Waals surface area (Å²) in [5.41, 5.74) is 2.39. The van der Waals surface area contributed by atoms with Gasteiger partial charge >= 0.3 is 0 Å². The van der Waals surface area contributed by atoms with Crippen LogP contribution in [0.15, 0.2) is 17.1 Å². The molecule has 3 heterocycles. The summed E-state index contributed by atoms with van der Waals surface area (Å²) in [6, 6.07) is 1.67. The van der Waals surface area contributed by atoms with Crippen molar-refractivity contribution in [1.82, 2.24) is 25.1 Å². The van der Waals surface area contributed by atoms with Crippen molar-refractivity contribution in [1.29, 1.82) is 0 Å². The molecule has 1 unspecified atom stereocenters. The fraction of sp³-hybridized carbons (Fsp3) is 0.412. The van der Waals surface area contributed by atoms with Crippen molar-refractivity contribution in [3.05, 3.63) is 34.1 Å². The van der Waals surface area contributed by atoms with Gasteiger partial charge in [-0.3, -0.25) is 14.7 Å². The molecule has 0 bridgehead atoms. The van der Waals surface area contributed by atoms with Gasteiger partial charge in [-0.15, -0.1) is 11.3 Å². The smallest absolute Gasteiger partial charge is 0.268 e. The second kappa shape index (κ2) is 6.79. The number of carbonyl (C=O) groups is 1. The van der Waals surface area contributed by atoms with Crippen LogP contribution in [0.5, 0.6) is 0 Å². The number of fused-ring (bicyclic) bond motifs is 1. The third-order valence-corrected chi connectivity index (χ3v) is 5.48. The van der Waals surface area contributed by atoms with E-state index in [0.717, 1.165) is 16.1 Å². The van der Waals surface area contributed by atoms with Crippen molar-refractivity contribution < 1.29 is 4.79 Å². The number of nitrogens with zero attached hydrogens (tertiary/aromatic N) is 3. The summed E-state index contributed by atoms with van der Waals surface area (Å²) >= 11 is 1.40.